The molecule has 0 bridgehead atoms. The van der Waals surface area contributed by atoms with E-state index in [4.69, 9.17) is 19.4 Å². The van der Waals surface area contributed by atoms with E-state index in [0.717, 1.165) is 61.0 Å². The average molecular weight is 757 g/mol. The third-order valence-corrected chi connectivity index (χ3v) is 12.2. The first-order valence-electron chi connectivity index (χ1n) is 20.1. The van der Waals surface area contributed by atoms with Gasteiger partial charge in [0.25, 0.3) is 0 Å². The van der Waals surface area contributed by atoms with Crippen LogP contribution in [0.1, 0.15) is 25.0 Å². The topological polar surface area (TPSA) is 56.7 Å². The van der Waals surface area contributed by atoms with E-state index < -0.39 is 0 Å². The molecule has 0 fully saturated rings. The summed E-state index contributed by atoms with van der Waals surface area (Å²) in [5, 5.41) is 4.54. The van der Waals surface area contributed by atoms with E-state index in [2.05, 4.69) is 140 Å². The molecule has 3 heterocycles. The van der Waals surface area contributed by atoms with Crippen LogP contribution in [0.5, 0.6) is 0 Å². The van der Waals surface area contributed by atoms with Gasteiger partial charge in [0.05, 0.1) is 22.1 Å². The summed E-state index contributed by atoms with van der Waals surface area (Å²) >= 11 is 0. The normalized spacial score (nSPS) is 13.1. The molecule has 278 valence electrons. The van der Waals surface area contributed by atoms with Gasteiger partial charge in [0, 0.05) is 38.3 Å². The number of aromatic nitrogens is 4. The van der Waals surface area contributed by atoms with Crippen molar-refractivity contribution in [3.63, 3.8) is 0 Å². The van der Waals surface area contributed by atoms with Crippen LogP contribution in [0, 0.1) is 0 Å². The Morgan fingerprint density at radius 1 is 0.407 bits per heavy atom. The number of benzene rings is 8. The first-order valence-corrected chi connectivity index (χ1v) is 20.1. The molecule has 0 spiro atoms. The second-order valence-corrected chi connectivity index (χ2v) is 16.0. The van der Waals surface area contributed by atoms with Crippen molar-refractivity contribution in [2.45, 2.75) is 19.3 Å². The highest BCUT2D eigenvalue weighted by Gasteiger charge is 2.36. The molecule has 12 rings (SSSR count). The summed E-state index contributed by atoms with van der Waals surface area (Å²) in [6, 6.07) is 64.2. The van der Waals surface area contributed by atoms with Crippen molar-refractivity contribution < 1.29 is 4.42 Å². The number of hydrogen-bond acceptors (Lipinski definition) is 4. The van der Waals surface area contributed by atoms with Gasteiger partial charge < -0.3 is 8.98 Å². The van der Waals surface area contributed by atoms with Crippen LogP contribution in [0.3, 0.4) is 0 Å². The molecule has 59 heavy (non-hydrogen) atoms. The van der Waals surface area contributed by atoms with Crippen molar-refractivity contribution in [3.8, 4) is 62.1 Å². The Morgan fingerprint density at radius 3 is 1.71 bits per heavy atom. The molecule has 0 aliphatic heterocycles. The highest BCUT2D eigenvalue weighted by Crippen LogP contribution is 2.51. The summed E-state index contributed by atoms with van der Waals surface area (Å²) in [7, 11) is 0. The number of furan rings is 1. The molecular formula is C54H36N4O. The maximum Gasteiger partial charge on any atom is 0.164 e. The standard InChI is InChI=1S/C54H36N4O/c1-54(2)43-24-14-12-22-38(43)41-31-42-39-23-13-15-25-45(39)58(46(42)32-44(41)54)47-28-37(33-16-6-3-7-17-33)30-49-50(47)40-27-26-36(29-48(40)59-49)53-56-51(34-18-8-4-9-19-34)55-52(57-53)35-20-10-5-11-21-35/h3-32H,1-2H3. The number of nitrogens with zero attached hydrogens (tertiary/aromatic N) is 4. The zero-order valence-corrected chi connectivity index (χ0v) is 32.5. The van der Waals surface area contributed by atoms with Crippen LogP contribution in [0.25, 0.3) is 106 Å². The van der Waals surface area contributed by atoms with Crippen molar-refractivity contribution in [1.29, 1.82) is 0 Å². The minimum atomic E-state index is -0.142. The van der Waals surface area contributed by atoms with E-state index in [9.17, 15) is 0 Å². The molecule has 0 atom stereocenters. The zero-order chi connectivity index (χ0) is 39.2. The molecule has 0 amide bonds. The Morgan fingerprint density at radius 2 is 1.00 bits per heavy atom. The molecule has 0 saturated carbocycles. The van der Waals surface area contributed by atoms with Gasteiger partial charge >= 0.3 is 0 Å². The van der Waals surface area contributed by atoms with Crippen molar-refractivity contribution in [1.82, 2.24) is 19.5 Å². The molecular weight excluding hydrogens is 721 g/mol. The molecule has 0 N–H and O–H groups in total. The molecule has 11 aromatic rings. The predicted molar refractivity (Wildman–Crippen MR) is 241 cm³/mol. The van der Waals surface area contributed by atoms with Gasteiger partial charge in [-0.05, 0) is 75.8 Å². The van der Waals surface area contributed by atoms with E-state index in [-0.39, 0.29) is 5.41 Å². The lowest BCUT2D eigenvalue weighted by Crippen LogP contribution is -2.15. The third-order valence-electron chi connectivity index (χ3n) is 12.2. The van der Waals surface area contributed by atoms with Crippen molar-refractivity contribution in [2.24, 2.45) is 0 Å². The minimum Gasteiger partial charge on any atom is -0.456 e. The van der Waals surface area contributed by atoms with Crippen LogP contribution in [-0.4, -0.2) is 19.5 Å². The van der Waals surface area contributed by atoms with E-state index in [1.807, 2.05) is 60.7 Å². The summed E-state index contributed by atoms with van der Waals surface area (Å²) in [6.07, 6.45) is 0. The molecule has 8 aromatic carbocycles. The number of para-hydroxylation sites is 1. The Kier molecular flexibility index (Phi) is 7.20. The SMILES string of the molecule is CC1(C)c2ccccc2-c2cc3c4ccccc4n(-c4cc(-c5ccccc5)cc5oc6cc(-c7nc(-c8ccccc8)nc(-c8ccccc8)n7)ccc6c45)c3cc21. The average Bonchev–Trinajstić information content (AvgIpc) is 3.91. The van der Waals surface area contributed by atoms with E-state index in [1.165, 1.54) is 38.5 Å². The second-order valence-electron chi connectivity index (χ2n) is 16.0. The number of fused-ring (bicyclic) bond motifs is 9. The molecule has 5 heteroatoms. The van der Waals surface area contributed by atoms with Gasteiger partial charge in [-0.15, -0.1) is 0 Å². The Hall–Kier alpha value is -7.63. The highest BCUT2D eigenvalue weighted by molar-refractivity contribution is 6.16. The molecule has 1 aliphatic carbocycles. The molecule has 5 nitrogen and oxygen atoms in total. The number of hydrogen-bond donors (Lipinski definition) is 0. The van der Waals surface area contributed by atoms with Gasteiger partial charge in [0.2, 0.25) is 0 Å². The van der Waals surface area contributed by atoms with Gasteiger partial charge in [0.1, 0.15) is 11.2 Å². The Bertz CT molecular complexity index is 3400. The van der Waals surface area contributed by atoms with E-state index >= 15 is 0 Å². The van der Waals surface area contributed by atoms with E-state index in [0.29, 0.717) is 17.5 Å². The maximum atomic E-state index is 6.93. The fraction of sp³-hybridized carbons (Fsp3) is 0.0556. The summed E-state index contributed by atoms with van der Waals surface area (Å²) in [5.74, 6) is 1.83. The third kappa shape index (κ3) is 5.14. The fourth-order valence-corrected chi connectivity index (χ4v) is 9.36. The predicted octanol–water partition coefficient (Wildman–Crippen LogP) is 13.8. The quantitative estimate of drug-likeness (QED) is 0.175. The van der Waals surface area contributed by atoms with Crippen LogP contribution < -0.4 is 0 Å². The van der Waals surface area contributed by atoms with Gasteiger partial charge in [0.15, 0.2) is 17.5 Å². The highest BCUT2D eigenvalue weighted by atomic mass is 16.3. The van der Waals surface area contributed by atoms with Crippen molar-refractivity contribution >= 4 is 43.7 Å². The molecule has 0 saturated heterocycles. The Labute approximate surface area is 340 Å². The monoisotopic (exact) mass is 756 g/mol. The molecule has 1 aliphatic rings. The summed E-state index contributed by atoms with van der Waals surface area (Å²) in [5.41, 5.74) is 15.1. The lowest BCUT2D eigenvalue weighted by molar-refractivity contribution is 0.661. The van der Waals surface area contributed by atoms with Crippen molar-refractivity contribution in [2.75, 3.05) is 0 Å². The largest absolute Gasteiger partial charge is 0.456 e. The van der Waals surface area contributed by atoms with Gasteiger partial charge in [-0.25, -0.2) is 15.0 Å². The summed E-state index contributed by atoms with van der Waals surface area (Å²) in [4.78, 5) is 15.0. The van der Waals surface area contributed by atoms with Crippen molar-refractivity contribution in [3.05, 3.63) is 193 Å². The van der Waals surface area contributed by atoms with Crippen LogP contribution >= 0.6 is 0 Å². The summed E-state index contributed by atoms with van der Waals surface area (Å²) in [6.45, 7) is 4.70. The van der Waals surface area contributed by atoms with E-state index in [1.54, 1.807) is 0 Å². The minimum absolute atomic E-state index is 0.142. The van der Waals surface area contributed by atoms with Crippen LogP contribution in [-0.2, 0) is 5.41 Å². The van der Waals surface area contributed by atoms with Crippen LogP contribution in [0.15, 0.2) is 186 Å². The lowest BCUT2D eigenvalue weighted by Gasteiger charge is -2.22. The first-order chi connectivity index (χ1) is 29.0. The molecule has 0 unspecified atom stereocenters. The zero-order valence-electron chi connectivity index (χ0n) is 32.5. The smallest absolute Gasteiger partial charge is 0.164 e. The Balaban J connectivity index is 1.12. The van der Waals surface area contributed by atoms with Crippen LogP contribution in [0.2, 0.25) is 0 Å². The first kappa shape index (κ1) is 33.5. The lowest BCUT2D eigenvalue weighted by atomic mass is 9.82. The molecule has 3 aromatic heterocycles. The maximum absolute atomic E-state index is 6.93. The van der Waals surface area contributed by atoms with Gasteiger partial charge in [-0.1, -0.05) is 153 Å². The van der Waals surface area contributed by atoms with Crippen LogP contribution in [0.4, 0.5) is 0 Å². The molecule has 0 radical (unpaired) electrons. The van der Waals surface area contributed by atoms with Gasteiger partial charge in [-0.2, -0.15) is 0 Å². The summed E-state index contributed by atoms with van der Waals surface area (Å²) < 4.78 is 9.40. The fourth-order valence-electron chi connectivity index (χ4n) is 9.36. The second kappa shape index (κ2) is 12.7. The number of rotatable bonds is 5. The van der Waals surface area contributed by atoms with Gasteiger partial charge in [-0.3, -0.25) is 0 Å².